The van der Waals surface area contributed by atoms with Gasteiger partial charge in [0.05, 0.1) is 24.0 Å². The molecule has 4 N–H and O–H groups in total. The van der Waals surface area contributed by atoms with Gasteiger partial charge in [0.2, 0.25) is 0 Å². The van der Waals surface area contributed by atoms with Crippen LogP contribution in [0.25, 0.3) is 11.4 Å². The van der Waals surface area contributed by atoms with Crippen LogP contribution < -0.4 is 26.0 Å². The minimum Gasteiger partial charge on any atom is -0.494 e. The predicted molar refractivity (Wildman–Crippen MR) is 156 cm³/mol. The highest BCUT2D eigenvalue weighted by Crippen LogP contribution is 2.37. The lowest BCUT2D eigenvalue weighted by atomic mass is 9.49. The van der Waals surface area contributed by atoms with Gasteiger partial charge in [-0.25, -0.2) is 9.78 Å². The van der Waals surface area contributed by atoms with Gasteiger partial charge in [-0.3, -0.25) is 14.8 Å². The highest BCUT2D eigenvalue weighted by atomic mass is 16.5. The zero-order valence-corrected chi connectivity index (χ0v) is 22.4. The zero-order chi connectivity index (χ0) is 28.0. The number of hydrogen-bond acceptors (Lipinski definition) is 8. The van der Waals surface area contributed by atoms with Crippen molar-refractivity contribution in [3.05, 3.63) is 72.2 Å². The van der Waals surface area contributed by atoms with Crippen LogP contribution in [0.4, 0.5) is 22.0 Å². The minimum absolute atomic E-state index is 0.0450. The molecule has 2 aromatic heterocycles. The van der Waals surface area contributed by atoms with Gasteiger partial charge in [0.15, 0.2) is 23.1 Å². The maximum atomic E-state index is 13.1. The first-order chi connectivity index (χ1) is 18.6. The normalized spacial score (nSPS) is 10.9. The first-order valence-corrected chi connectivity index (χ1v) is 12.2. The Labute approximate surface area is 228 Å². The van der Waals surface area contributed by atoms with Crippen molar-refractivity contribution in [3.63, 3.8) is 0 Å². The van der Waals surface area contributed by atoms with Crippen LogP contribution in [0.2, 0.25) is 0 Å². The Morgan fingerprint density at radius 3 is 2.46 bits per heavy atom. The summed E-state index contributed by atoms with van der Waals surface area (Å²) in [5, 5.41) is 23.6. The van der Waals surface area contributed by atoms with Gasteiger partial charge in [0.1, 0.15) is 29.9 Å². The largest absolute Gasteiger partial charge is 0.494 e. The molecule has 0 atom stereocenters. The molecule has 0 spiro atoms. The van der Waals surface area contributed by atoms with Gasteiger partial charge < -0.3 is 20.7 Å². The predicted octanol–water partition coefficient (Wildman–Crippen LogP) is -0.414. The van der Waals surface area contributed by atoms with E-state index in [0.29, 0.717) is 35.1 Å². The van der Waals surface area contributed by atoms with Crippen molar-refractivity contribution in [1.82, 2.24) is 35.6 Å². The Morgan fingerprint density at radius 1 is 1.03 bits per heavy atom. The number of hydrogen-bond donors (Lipinski definition) is 4. The molecule has 15 heteroatoms. The Bertz CT molecular complexity index is 1480. The van der Waals surface area contributed by atoms with Crippen LogP contribution in [-0.4, -0.2) is 72.8 Å². The van der Waals surface area contributed by atoms with Crippen LogP contribution in [0.15, 0.2) is 60.9 Å². The number of methoxy groups -OCH3 is 1. The summed E-state index contributed by atoms with van der Waals surface area (Å²) >= 11 is 0. The van der Waals surface area contributed by atoms with Gasteiger partial charge in [-0.1, -0.05) is 36.4 Å². The topological polar surface area (TPSA) is 148 Å². The first-order valence-electron chi connectivity index (χ1n) is 12.2. The Balaban J connectivity index is 1.64. The Kier molecular flexibility index (Phi) is 8.18. The van der Waals surface area contributed by atoms with E-state index >= 15 is 0 Å². The molecule has 2 heterocycles. The number of anilines is 3. The second kappa shape index (κ2) is 11.7. The maximum Gasteiger partial charge on any atom is 0.320 e. The molecule has 0 bridgehead atoms. The number of para-hydroxylation sites is 1. The quantitative estimate of drug-likeness (QED) is 0.217. The third kappa shape index (κ3) is 7.15. The smallest absolute Gasteiger partial charge is 0.320 e. The van der Waals surface area contributed by atoms with Gasteiger partial charge >= 0.3 is 6.03 Å². The second-order valence-corrected chi connectivity index (χ2v) is 9.74. The number of carbonyl (C=O) groups excluding carboxylic acids is 2. The van der Waals surface area contributed by atoms with Crippen molar-refractivity contribution in [2.45, 2.75) is 11.8 Å². The van der Waals surface area contributed by atoms with Crippen molar-refractivity contribution in [1.29, 1.82) is 0 Å². The number of nitrogens with zero attached hydrogens (tertiary/aromatic N) is 5. The highest BCUT2D eigenvalue weighted by Gasteiger charge is 2.23. The SMILES string of the molecule is BC(B)(B)NC(=O)c1nnc(NC(=O)NCc2ccccc2)cc1Nc1cccc(-c2ncn(C)n2)c1OC. The van der Waals surface area contributed by atoms with Crippen LogP contribution in [0, 0.1) is 0 Å². The summed E-state index contributed by atoms with van der Waals surface area (Å²) in [7, 11) is 8.91. The first kappa shape index (κ1) is 27.2. The molecule has 39 heavy (non-hydrogen) atoms. The van der Waals surface area contributed by atoms with Crippen LogP contribution in [0.1, 0.15) is 16.1 Å². The minimum atomic E-state index is -0.507. The van der Waals surface area contributed by atoms with E-state index in [9.17, 15) is 9.59 Å². The molecule has 0 aliphatic carbocycles. The molecule has 0 radical (unpaired) electrons. The number of aromatic nitrogens is 5. The van der Waals surface area contributed by atoms with Crippen LogP contribution in [0.5, 0.6) is 5.75 Å². The summed E-state index contributed by atoms with van der Waals surface area (Å²) in [5.41, 5.74) is 2.51. The number of nitrogens with one attached hydrogen (secondary N) is 4. The molecule has 0 saturated carbocycles. The fourth-order valence-corrected chi connectivity index (χ4v) is 3.69. The summed E-state index contributed by atoms with van der Waals surface area (Å²) in [4.78, 5) is 30.0. The molecular weight excluding hydrogens is 495 g/mol. The number of ether oxygens (including phenoxy) is 1. The standard InChI is InChI=1S/C24H28B3N9O3/c1-36-13-29-21(35-36)15-9-6-10-16(20(15)39-2)30-17-11-18(33-34-19(17)22(37)32-24(25,26)27)31-23(38)28-12-14-7-4-3-5-8-14/h3-11,13H,12,25-27H2,1-2H3,(H,32,37)(H3,28,30,31,33,38). The lowest BCUT2D eigenvalue weighted by Gasteiger charge is -2.21. The molecule has 2 aromatic carbocycles. The molecule has 4 rings (SSSR count). The molecule has 196 valence electrons. The van der Waals surface area contributed by atoms with Gasteiger partial charge in [-0.2, -0.15) is 5.10 Å². The van der Waals surface area contributed by atoms with E-state index in [4.69, 9.17) is 4.74 Å². The third-order valence-corrected chi connectivity index (χ3v) is 5.36. The molecule has 12 nitrogen and oxygen atoms in total. The van der Waals surface area contributed by atoms with Crippen molar-refractivity contribution in [2.75, 3.05) is 17.7 Å². The van der Waals surface area contributed by atoms with E-state index in [-0.39, 0.29) is 11.5 Å². The average Bonchev–Trinajstić information content (AvgIpc) is 3.33. The molecule has 0 saturated heterocycles. The maximum absolute atomic E-state index is 13.1. The highest BCUT2D eigenvalue weighted by molar-refractivity contribution is 6.60. The number of benzene rings is 2. The molecule has 0 aliphatic rings. The molecule has 3 amide bonds. The summed E-state index contributed by atoms with van der Waals surface area (Å²) in [6.45, 7) is 0.336. The fourth-order valence-electron chi connectivity index (χ4n) is 3.69. The lowest BCUT2D eigenvalue weighted by Crippen LogP contribution is -2.50. The average molecular weight is 523 g/mol. The zero-order valence-electron chi connectivity index (χ0n) is 22.4. The van der Waals surface area contributed by atoms with E-state index in [1.807, 2.05) is 66.0 Å². The fraction of sp³-hybridized carbons (Fsp3) is 0.167. The molecule has 0 unspecified atom stereocenters. The monoisotopic (exact) mass is 523 g/mol. The third-order valence-electron chi connectivity index (χ3n) is 5.36. The Hall–Kier alpha value is -4.81. The molecular formula is C24H28B3N9O3. The van der Waals surface area contributed by atoms with Gasteiger partial charge in [0.25, 0.3) is 5.91 Å². The summed E-state index contributed by atoms with van der Waals surface area (Å²) in [6, 6.07) is 16.0. The lowest BCUT2D eigenvalue weighted by molar-refractivity contribution is 0.0947. The van der Waals surface area contributed by atoms with Crippen molar-refractivity contribution in [3.8, 4) is 17.1 Å². The second-order valence-electron chi connectivity index (χ2n) is 9.74. The summed E-state index contributed by atoms with van der Waals surface area (Å²) in [5.74, 6) is 0.669. The van der Waals surface area contributed by atoms with Crippen LogP contribution in [-0.2, 0) is 13.6 Å². The molecule has 0 aliphatic heterocycles. The number of carbonyl (C=O) groups is 2. The van der Waals surface area contributed by atoms with Crippen molar-refractivity contribution < 1.29 is 14.3 Å². The van der Waals surface area contributed by atoms with Gasteiger partial charge in [-0.15, -0.1) is 10.2 Å². The van der Waals surface area contributed by atoms with E-state index < -0.39 is 17.2 Å². The van der Waals surface area contributed by atoms with E-state index in [1.54, 1.807) is 24.1 Å². The summed E-state index contributed by atoms with van der Waals surface area (Å²) in [6.07, 6.45) is 1.59. The molecule has 0 fully saturated rings. The van der Waals surface area contributed by atoms with Crippen LogP contribution in [0.3, 0.4) is 0 Å². The number of urea groups is 1. The molecule has 4 aromatic rings. The summed E-state index contributed by atoms with van der Waals surface area (Å²) < 4.78 is 7.29. The van der Waals surface area contributed by atoms with E-state index in [0.717, 1.165) is 5.56 Å². The van der Waals surface area contributed by atoms with Gasteiger partial charge in [-0.05, 0) is 22.9 Å². The van der Waals surface area contributed by atoms with E-state index in [2.05, 4.69) is 41.5 Å². The van der Waals surface area contributed by atoms with Crippen molar-refractivity contribution in [2.24, 2.45) is 7.05 Å². The van der Waals surface area contributed by atoms with E-state index in [1.165, 1.54) is 13.2 Å². The number of aryl methyl sites for hydroxylation is 1. The van der Waals surface area contributed by atoms with Crippen molar-refractivity contribution >= 4 is 52.7 Å². The van der Waals surface area contributed by atoms with Gasteiger partial charge in [0, 0.05) is 19.7 Å². The van der Waals surface area contributed by atoms with Crippen LogP contribution >= 0.6 is 0 Å². The Morgan fingerprint density at radius 2 is 1.79 bits per heavy atom. The number of amides is 3. The number of rotatable bonds is 9.